The molecule has 5 heteroatoms. The van der Waals surface area contributed by atoms with Gasteiger partial charge in [0.05, 0.1) is 14.2 Å². The van der Waals surface area contributed by atoms with E-state index in [2.05, 4.69) is 22.5 Å². The number of ether oxygens (including phenoxy) is 2. The highest BCUT2D eigenvalue weighted by Crippen LogP contribution is 2.28. The maximum Gasteiger partial charge on any atom is 0.191 e. The van der Waals surface area contributed by atoms with E-state index < -0.39 is 0 Å². The van der Waals surface area contributed by atoms with Crippen LogP contribution in [0.15, 0.2) is 23.2 Å². The minimum Gasteiger partial charge on any atom is -0.493 e. The number of rotatable bonds is 6. The molecule has 2 N–H and O–H groups in total. The molecule has 134 valence electrons. The maximum absolute atomic E-state index is 5.35. The molecule has 0 unspecified atom stereocenters. The van der Waals surface area contributed by atoms with Gasteiger partial charge in [-0.2, -0.15) is 0 Å². The monoisotopic (exact) mass is 333 g/mol. The van der Waals surface area contributed by atoms with E-state index in [0.29, 0.717) is 6.54 Å². The number of aliphatic imine (C=N–C) groups is 1. The van der Waals surface area contributed by atoms with Crippen molar-refractivity contribution in [2.45, 2.75) is 39.2 Å². The standard InChI is InChI=1S/C19H31N3O2/c1-14-5-7-15(8-6-14)12-21-19(20-2)22-13-16-9-10-17(23-3)18(11-16)24-4/h9-11,14-15H,5-8,12-13H2,1-4H3,(H2,20,21,22). The lowest BCUT2D eigenvalue weighted by atomic mass is 9.83. The zero-order chi connectivity index (χ0) is 17.4. The van der Waals surface area contributed by atoms with Crippen molar-refractivity contribution in [1.82, 2.24) is 10.6 Å². The average molecular weight is 333 g/mol. The number of methoxy groups -OCH3 is 2. The zero-order valence-corrected chi connectivity index (χ0v) is 15.4. The Hall–Kier alpha value is -1.91. The first-order chi connectivity index (χ1) is 11.7. The van der Waals surface area contributed by atoms with E-state index in [1.54, 1.807) is 14.2 Å². The van der Waals surface area contributed by atoms with E-state index in [1.165, 1.54) is 25.7 Å². The van der Waals surface area contributed by atoms with Gasteiger partial charge >= 0.3 is 0 Å². The lowest BCUT2D eigenvalue weighted by Crippen LogP contribution is -2.40. The lowest BCUT2D eigenvalue weighted by molar-refractivity contribution is 0.289. The third-order valence-electron chi connectivity index (χ3n) is 4.83. The zero-order valence-electron chi connectivity index (χ0n) is 15.4. The van der Waals surface area contributed by atoms with Crippen molar-refractivity contribution >= 4 is 5.96 Å². The summed E-state index contributed by atoms with van der Waals surface area (Å²) < 4.78 is 10.6. The predicted octanol–water partition coefficient (Wildman–Crippen LogP) is 3.20. The summed E-state index contributed by atoms with van der Waals surface area (Å²) in [6, 6.07) is 5.95. The summed E-state index contributed by atoms with van der Waals surface area (Å²) in [6.07, 6.45) is 5.34. The molecule has 0 aromatic heterocycles. The summed E-state index contributed by atoms with van der Waals surface area (Å²) in [5.41, 5.74) is 1.13. The molecule has 0 bridgehead atoms. The van der Waals surface area contributed by atoms with Gasteiger partial charge in [0, 0.05) is 20.1 Å². The Labute approximate surface area is 145 Å². The second kappa shape index (κ2) is 9.40. The lowest BCUT2D eigenvalue weighted by Gasteiger charge is -2.26. The van der Waals surface area contributed by atoms with Crippen molar-refractivity contribution in [3.63, 3.8) is 0 Å². The second-order valence-corrected chi connectivity index (χ2v) is 6.62. The van der Waals surface area contributed by atoms with Crippen LogP contribution in [0.2, 0.25) is 0 Å². The van der Waals surface area contributed by atoms with Crippen LogP contribution in [0.5, 0.6) is 11.5 Å². The topological polar surface area (TPSA) is 54.9 Å². The van der Waals surface area contributed by atoms with E-state index >= 15 is 0 Å². The molecule has 24 heavy (non-hydrogen) atoms. The molecule has 1 aliphatic carbocycles. The van der Waals surface area contributed by atoms with Crippen LogP contribution in [0.3, 0.4) is 0 Å². The van der Waals surface area contributed by atoms with Crippen LogP contribution in [0.25, 0.3) is 0 Å². The van der Waals surface area contributed by atoms with E-state index in [0.717, 1.165) is 41.4 Å². The van der Waals surface area contributed by atoms with Crippen LogP contribution in [0.4, 0.5) is 0 Å². The van der Waals surface area contributed by atoms with E-state index in [1.807, 2.05) is 25.2 Å². The highest BCUT2D eigenvalue weighted by atomic mass is 16.5. The Balaban J connectivity index is 1.81. The molecule has 0 atom stereocenters. The van der Waals surface area contributed by atoms with Crippen molar-refractivity contribution < 1.29 is 9.47 Å². The third kappa shape index (κ3) is 5.32. The van der Waals surface area contributed by atoms with Crippen molar-refractivity contribution in [1.29, 1.82) is 0 Å². The van der Waals surface area contributed by atoms with Gasteiger partial charge in [0.2, 0.25) is 0 Å². The summed E-state index contributed by atoms with van der Waals surface area (Å²) in [6.45, 7) is 4.05. The molecule has 0 saturated heterocycles. The third-order valence-corrected chi connectivity index (χ3v) is 4.83. The second-order valence-electron chi connectivity index (χ2n) is 6.62. The number of benzene rings is 1. The number of nitrogens with one attached hydrogen (secondary N) is 2. The quantitative estimate of drug-likeness (QED) is 0.620. The first-order valence-electron chi connectivity index (χ1n) is 8.81. The van der Waals surface area contributed by atoms with Crippen LogP contribution in [-0.4, -0.2) is 33.8 Å². The van der Waals surface area contributed by atoms with Crippen LogP contribution in [0.1, 0.15) is 38.2 Å². The molecule has 1 aliphatic rings. The molecule has 1 aromatic rings. The van der Waals surface area contributed by atoms with Gasteiger partial charge in [-0.25, -0.2) is 0 Å². The summed E-state index contributed by atoms with van der Waals surface area (Å²) in [5, 5.41) is 6.82. The molecule has 0 radical (unpaired) electrons. The first kappa shape index (κ1) is 18.4. The minimum absolute atomic E-state index is 0.696. The Bertz CT molecular complexity index is 537. The van der Waals surface area contributed by atoms with Gasteiger partial charge in [0.15, 0.2) is 17.5 Å². The Morgan fingerprint density at radius 2 is 1.79 bits per heavy atom. The largest absolute Gasteiger partial charge is 0.493 e. The Morgan fingerprint density at radius 1 is 1.08 bits per heavy atom. The average Bonchev–Trinajstić information content (AvgIpc) is 2.63. The van der Waals surface area contributed by atoms with Crippen molar-refractivity contribution in [3.8, 4) is 11.5 Å². The summed E-state index contributed by atoms with van der Waals surface area (Å²) >= 11 is 0. The van der Waals surface area contributed by atoms with Gasteiger partial charge in [-0.1, -0.05) is 25.8 Å². The molecule has 1 saturated carbocycles. The molecule has 0 spiro atoms. The number of hydrogen-bond donors (Lipinski definition) is 2. The maximum atomic E-state index is 5.35. The Morgan fingerprint density at radius 3 is 2.42 bits per heavy atom. The van der Waals surface area contributed by atoms with Crippen molar-refractivity contribution in [3.05, 3.63) is 23.8 Å². The van der Waals surface area contributed by atoms with Crippen LogP contribution in [-0.2, 0) is 6.54 Å². The molecule has 2 rings (SSSR count). The van der Waals surface area contributed by atoms with Gasteiger partial charge in [0.1, 0.15) is 0 Å². The molecule has 1 aromatic carbocycles. The summed E-state index contributed by atoms with van der Waals surface area (Å²) in [5.74, 6) is 4.00. The Kier molecular flexibility index (Phi) is 7.22. The van der Waals surface area contributed by atoms with Gasteiger partial charge in [0.25, 0.3) is 0 Å². The smallest absolute Gasteiger partial charge is 0.191 e. The molecule has 0 aliphatic heterocycles. The van der Waals surface area contributed by atoms with E-state index in [4.69, 9.17) is 9.47 Å². The fraction of sp³-hybridized carbons (Fsp3) is 0.632. The highest BCUT2D eigenvalue weighted by Gasteiger charge is 2.18. The van der Waals surface area contributed by atoms with Gasteiger partial charge in [-0.15, -0.1) is 0 Å². The number of guanidine groups is 1. The van der Waals surface area contributed by atoms with Crippen LogP contribution < -0.4 is 20.1 Å². The van der Waals surface area contributed by atoms with Gasteiger partial charge in [-0.3, -0.25) is 4.99 Å². The van der Waals surface area contributed by atoms with Crippen LogP contribution >= 0.6 is 0 Å². The van der Waals surface area contributed by atoms with E-state index in [-0.39, 0.29) is 0 Å². The molecule has 1 fully saturated rings. The van der Waals surface area contributed by atoms with Crippen molar-refractivity contribution in [2.75, 3.05) is 27.8 Å². The van der Waals surface area contributed by atoms with Crippen LogP contribution in [0, 0.1) is 11.8 Å². The summed E-state index contributed by atoms with van der Waals surface area (Å²) in [4.78, 5) is 4.32. The predicted molar refractivity (Wildman–Crippen MR) is 98.9 cm³/mol. The van der Waals surface area contributed by atoms with Gasteiger partial charge in [-0.05, 0) is 42.4 Å². The number of nitrogens with zero attached hydrogens (tertiary/aromatic N) is 1. The fourth-order valence-corrected chi connectivity index (χ4v) is 3.17. The molecule has 0 heterocycles. The molecular formula is C19H31N3O2. The van der Waals surface area contributed by atoms with Crippen molar-refractivity contribution in [2.24, 2.45) is 16.8 Å². The normalized spacial score (nSPS) is 21.2. The fourth-order valence-electron chi connectivity index (χ4n) is 3.17. The summed E-state index contributed by atoms with van der Waals surface area (Å²) in [7, 11) is 5.11. The first-order valence-corrected chi connectivity index (χ1v) is 8.81. The SMILES string of the molecule is CN=C(NCc1ccc(OC)c(OC)c1)NCC1CCC(C)CC1. The molecular weight excluding hydrogens is 302 g/mol. The number of hydrogen-bond acceptors (Lipinski definition) is 3. The highest BCUT2D eigenvalue weighted by molar-refractivity contribution is 5.79. The molecule has 5 nitrogen and oxygen atoms in total. The minimum atomic E-state index is 0.696. The van der Waals surface area contributed by atoms with E-state index in [9.17, 15) is 0 Å². The van der Waals surface area contributed by atoms with Gasteiger partial charge < -0.3 is 20.1 Å². The molecule has 0 amide bonds.